The molecule has 1 saturated heterocycles. The van der Waals surface area contributed by atoms with Gasteiger partial charge in [-0.1, -0.05) is 6.07 Å². The van der Waals surface area contributed by atoms with Crippen LogP contribution in [-0.4, -0.2) is 41.0 Å². The molecule has 1 aromatic rings. The van der Waals surface area contributed by atoms with Gasteiger partial charge >= 0.3 is 6.03 Å². The van der Waals surface area contributed by atoms with Gasteiger partial charge in [-0.25, -0.2) is 4.79 Å². The molecule has 1 aliphatic heterocycles. The highest BCUT2D eigenvalue weighted by molar-refractivity contribution is 5.78. The van der Waals surface area contributed by atoms with Crippen molar-refractivity contribution in [3.63, 3.8) is 0 Å². The largest absolute Gasteiger partial charge is 0.370 e. The van der Waals surface area contributed by atoms with Gasteiger partial charge < -0.3 is 16.0 Å². The van der Waals surface area contributed by atoms with Crippen LogP contribution in [-0.2, 0) is 11.2 Å². The first-order chi connectivity index (χ1) is 10.2. The zero-order chi connectivity index (χ0) is 15.1. The SMILES string of the molecule is NC(=O)C[C@@H]1CCCCN1C(=O)NCCc1ccccn1. The lowest BCUT2D eigenvalue weighted by molar-refractivity contribution is -0.119. The smallest absolute Gasteiger partial charge is 0.317 e. The second-order valence-corrected chi connectivity index (χ2v) is 5.32. The average Bonchev–Trinajstić information content (AvgIpc) is 2.48. The van der Waals surface area contributed by atoms with E-state index in [1.54, 1.807) is 11.1 Å². The molecule has 2 heterocycles. The van der Waals surface area contributed by atoms with E-state index in [1.165, 1.54) is 0 Å². The zero-order valence-corrected chi connectivity index (χ0v) is 12.1. The van der Waals surface area contributed by atoms with E-state index in [1.807, 2.05) is 18.2 Å². The van der Waals surface area contributed by atoms with Crippen molar-refractivity contribution in [3.05, 3.63) is 30.1 Å². The van der Waals surface area contributed by atoms with Gasteiger partial charge in [0.25, 0.3) is 0 Å². The first-order valence-electron chi connectivity index (χ1n) is 7.39. The molecule has 0 radical (unpaired) electrons. The maximum absolute atomic E-state index is 12.2. The molecule has 6 heteroatoms. The van der Waals surface area contributed by atoms with Gasteiger partial charge in [0.2, 0.25) is 5.91 Å². The van der Waals surface area contributed by atoms with E-state index in [0.717, 1.165) is 25.0 Å². The minimum Gasteiger partial charge on any atom is -0.370 e. The number of carbonyl (C=O) groups excluding carboxylic acids is 2. The molecule has 6 nitrogen and oxygen atoms in total. The van der Waals surface area contributed by atoms with Crippen LogP contribution in [0.2, 0.25) is 0 Å². The van der Waals surface area contributed by atoms with Gasteiger partial charge in [0.05, 0.1) is 0 Å². The quantitative estimate of drug-likeness (QED) is 0.850. The van der Waals surface area contributed by atoms with Crippen LogP contribution in [0.4, 0.5) is 4.79 Å². The summed E-state index contributed by atoms with van der Waals surface area (Å²) >= 11 is 0. The third-order valence-electron chi connectivity index (χ3n) is 3.71. The molecule has 1 atom stereocenters. The second kappa shape index (κ2) is 7.61. The van der Waals surface area contributed by atoms with Crippen LogP contribution in [0.25, 0.3) is 0 Å². The molecule has 21 heavy (non-hydrogen) atoms. The molecular formula is C15H22N4O2. The van der Waals surface area contributed by atoms with E-state index in [-0.39, 0.29) is 24.4 Å². The minimum atomic E-state index is -0.354. The first-order valence-corrected chi connectivity index (χ1v) is 7.39. The number of piperidine rings is 1. The summed E-state index contributed by atoms with van der Waals surface area (Å²) in [5.74, 6) is -0.354. The molecule has 3 N–H and O–H groups in total. The summed E-state index contributed by atoms with van der Waals surface area (Å²) in [5.41, 5.74) is 6.21. The fourth-order valence-electron chi connectivity index (χ4n) is 2.66. The second-order valence-electron chi connectivity index (χ2n) is 5.32. The predicted octanol–water partition coefficient (Wildman–Crippen LogP) is 1.06. The Labute approximate surface area is 124 Å². The molecular weight excluding hydrogens is 268 g/mol. The Morgan fingerprint density at radius 2 is 2.24 bits per heavy atom. The van der Waals surface area contributed by atoms with Crippen molar-refractivity contribution in [1.82, 2.24) is 15.2 Å². The van der Waals surface area contributed by atoms with Gasteiger partial charge in [0, 0.05) is 43.9 Å². The summed E-state index contributed by atoms with van der Waals surface area (Å²) < 4.78 is 0. The Balaban J connectivity index is 1.81. The van der Waals surface area contributed by atoms with E-state index in [0.29, 0.717) is 19.5 Å². The van der Waals surface area contributed by atoms with Crippen molar-refractivity contribution in [1.29, 1.82) is 0 Å². The number of aromatic nitrogens is 1. The molecule has 1 aliphatic rings. The fourth-order valence-corrected chi connectivity index (χ4v) is 2.66. The highest BCUT2D eigenvalue weighted by atomic mass is 16.2. The molecule has 0 unspecified atom stereocenters. The van der Waals surface area contributed by atoms with Crippen LogP contribution in [0.3, 0.4) is 0 Å². The highest BCUT2D eigenvalue weighted by Crippen LogP contribution is 2.19. The van der Waals surface area contributed by atoms with Crippen LogP contribution in [0.1, 0.15) is 31.4 Å². The van der Waals surface area contributed by atoms with Gasteiger partial charge in [-0.05, 0) is 31.4 Å². The van der Waals surface area contributed by atoms with Crippen LogP contribution in [0.5, 0.6) is 0 Å². The van der Waals surface area contributed by atoms with Crippen molar-refractivity contribution in [3.8, 4) is 0 Å². The Morgan fingerprint density at radius 1 is 1.38 bits per heavy atom. The molecule has 0 saturated carbocycles. The topological polar surface area (TPSA) is 88.3 Å². The number of nitrogens with one attached hydrogen (secondary N) is 1. The number of rotatable bonds is 5. The average molecular weight is 290 g/mol. The summed E-state index contributed by atoms with van der Waals surface area (Å²) in [6.45, 7) is 1.23. The maximum atomic E-state index is 12.2. The molecule has 3 amide bonds. The summed E-state index contributed by atoms with van der Waals surface area (Å²) in [5, 5.41) is 2.90. The Kier molecular flexibility index (Phi) is 5.54. The summed E-state index contributed by atoms with van der Waals surface area (Å²) in [4.78, 5) is 29.3. The predicted molar refractivity (Wildman–Crippen MR) is 79.5 cm³/mol. The van der Waals surface area contributed by atoms with Crippen molar-refractivity contribution >= 4 is 11.9 Å². The van der Waals surface area contributed by atoms with Crippen molar-refractivity contribution in [2.75, 3.05) is 13.1 Å². The van der Waals surface area contributed by atoms with E-state index >= 15 is 0 Å². The summed E-state index contributed by atoms with van der Waals surface area (Å²) in [7, 11) is 0. The molecule has 0 aromatic carbocycles. The Morgan fingerprint density at radius 3 is 2.95 bits per heavy atom. The van der Waals surface area contributed by atoms with Gasteiger partial charge in [0.15, 0.2) is 0 Å². The third kappa shape index (κ3) is 4.73. The lowest BCUT2D eigenvalue weighted by atomic mass is 9.99. The first kappa shape index (κ1) is 15.3. The molecule has 0 spiro atoms. The van der Waals surface area contributed by atoms with E-state index in [9.17, 15) is 9.59 Å². The maximum Gasteiger partial charge on any atom is 0.317 e. The monoisotopic (exact) mass is 290 g/mol. The number of carbonyl (C=O) groups is 2. The number of nitrogens with zero attached hydrogens (tertiary/aromatic N) is 2. The Hall–Kier alpha value is -2.11. The number of nitrogens with two attached hydrogens (primary N) is 1. The zero-order valence-electron chi connectivity index (χ0n) is 12.1. The van der Waals surface area contributed by atoms with Crippen LogP contribution in [0, 0.1) is 0 Å². The van der Waals surface area contributed by atoms with E-state index in [4.69, 9.17) is 5.73 Å². The van der Waals surface area contributed by atoms with E-state index in [2.05, 4.69) is 10.3 Å². The van der Waals surface area contributed by atoms with Crippen molar-refractivity contribution in [2.45, 2.75) is 38.1 Å². The van der Waals surface area contributed by atoms with Gasteiger partial charge in [0.1, 0.15) is 0 Å². The molecule has 0 aliphatic carbocycles. The fraction of sp³-hybridized carbons (Fsp3) is 0.533. The number of hydrogen-bond donors (Lipinski definition) is 2. The minimum absolute atomic E-state index is 0.0638. The molecule has 0 bridgehead atoms. The van der Waals surface area contributed by atoms with Crippen LogP contribution < -0.4 is 11.1 Å². The number of primary amides is 1. The standard InChI is InChI=1S/C15H22N4O2/c16-14(20)11-13-6-2-4-10-19(13)15(21)18-9-7-12-5-1-3-8-17-12/h1,3,5,8,13H,2,4,6-7,9-11H2,(H2,16,20)(H,18,21)/t13-/m0/s1. The van der Waals surface area contributed by atoms with Gasteiger partial charge in [-0.2, -0.15) is 0 Å². The Bertz CT molecular complexity index is 478. The number of amides is 3. The van der Waals surface area contributed by atoms with Crippen molar-refractivity contribution < 1.29 is 9.59 Å². The molecule has 2 rings (SSSR count). The van der Waals surface area contributed by atoms with Crippen LogP contribution >= 0.6 is 0 Å². The van der Waals surface area contributed by atoms with Crippen LogP contribution in [0.15, 0.2) is 24.4 Å². The third-order valence-corrected chi connectivity index (χ3v) is 3.71. The summed E-state index contributed by atoms with van der Waals surface area (Å²) in [6.07, 6.45) is 5.54. The van der Waals surface area contributed by atoms with Gasteiger partial charge in [-0.15, -0.1) is 0 Å². The normalized spacial score (nSPS) is 18.3. The highest BCUT2D eigenvalue weighted by Gasteiger charge is 2.27. The molecule has 1 fully saturated rings. The number of urea groups is 1. The number of likely N-dealkylation sites (tertiary alicyclic amines) is 1. The number of pyridine rings is 1. The summed E-state index contributed by atoms with van der Waals surface area (Å²) in [6, 6.07) is 5.55. The van der Waals surface area contributed by atoms with E-state index < -0.39 is 0 Å². The molecule has 114 valence electrons. The lowest BCUT2D eigenvalue weighted by Gasteiger charge is -2.35. The molecule has 1 aromatic heterocycles. The lowest BCUT2D eigenvalue weighted by Crippen LogP contribution is -2.50. The number of hydrogen-bond acceptors (Lipinski definition) is 3. The van der Waals surface area contributed by atoms with Gasteiger partial charge in [-0.3, -0.25) is 9.78 Å². The van der Waals surface area contributed by atoms with Crippen molar-refractivity contribution in [2.24, 2.45) is 5.73 Å².